The first kappa shape index (κ1) is 21.8. The quantitative estimate of drug-likeness (QED) is 0.324. The smallest absolute Gasteiger partial charge is 0.0897 e. The molecule has 5 heteroatoms. The first-order valence-corrected chi connectivity index (χ1v) is 8.94. The molecule has 4 N–H and O–H groups in total. The summed E-state index contributed by atoms with van der Waals surface area (Å²) >= 11 is 0. The fraction of sp³-hybridized carbons (Fsp3) is 1.00. The van der Waals surface area contributed by atoms with Gasteiger partial charge in [-0.2, -0.15) is 0 Å². The van der Waals surface area contributed by atoms with E-state index in [1.165, 1.54) is 44.9 Å². The number of aliphatic hydroxyl groups excluding tert-OH is 4. The molecule has 134 valence electrons. The number of nitrogens with zero attached hydrogens (tertiary/aromatic N) is 1. The van der Waals surface area contributed by atoms with Crippen LogP contribution in [0.3, 0.4) is 0 Å². The van der Waals surface area contributed by atoms with E-state index in [2.05, 4.69) is 6.92 Å². The molecule has 0 saturated carbocycles. The van der Waals surface area contributed by atoms with E-state index in [0.717, 1.165) is 19.4 Å². The Balaban J connectivity index is 3.69. The van der Waals surface area contributed by atoms with E-state index < -0.39 is 12.2 Å². The van der Waals surface area contributed by atoms with E-state index in [1.54, 1.807) is 0 Å². The van der Waals surface area contributed by atoms with E-state index >= 15 is 0 Å². The summed E-state index contributed by atoms with van der Waals surface area (Å²) in [5.74, 6) is 0. The zero-order chi connectivity index (χ0) is 16.6. The summed E-state index contributed by atoms with van der Waals surface area (Å²) in [6, 6.07) is 0. The van der Waals surface area contributed by atoms with Gasteiger partial charge >= 0.3 is 0 Å². The lowest BCUT2D eigenvalue weighted by Gasteiger charge is -2.26. The van der Waals surface area contributed by atoms with Crippen molar-refractivity contribution in [3.8, 4) is 0 Å². The van der Waals surface area contributed by atoms with Crippen molar-refractivity contribution in [1.29, 1.82) is 0 Å². The third kappa shape index (κ3) is 13.5. The molecule has 0 aromatic rings. The minimum absolute atomic E-state index is 0.274. The highest BCUT2D eigenvalue weighted by atomic mass is 16.3. The summed E-state index contributed by atoms with van der Waals surface area (Å²) in [6.07, 6.45) is 9.73. The van der Waals surface area contributed by atoms with Crippen molar-refractivity contribution >= 4 is 0 Å². The second-order valence-corrected chi connectivity index (χ2v) is 6.26. The Bertz CT molecular complexity index is 217. The van der Waals surface area contributed by atoms with Crippen LogP contribution < -0.4 is 0 Å². The summed E-state index contributed by atoms with van der Waals surface area (Å²) in [7, 11) is 0. The number of aliphatic hydroxyl groups is 4. The van der Waals surface area contributed by atoms with Crippen LogP contribution in [0.25, 0.3) is 0 Å². The maximum atomic E-state index is 9.52. The fourth-order valence-electron chi connectivity index (χ4n) is 2.61. The Hall–Kier alpha value is -0.200. The van der Waals surface area contributed by atoms with Crippen molar-refractivity contribution in [1.82, 2.24) is 4.90 Å². The van der Waals surface area contributed by atoms with Crippen LogP contribution in [0.1, 0.15) is 64.7 Å². The van der Waals surface area contributed by atoms with Gasteiger partial charge in [-0.1, -0.05) is 58.3 Å². The van der Waals surface area contributed by atoms with E-state index in [1.807, 2.05) is 4.90 Å². The van der Waals surface area contributed by atoms with Crippen molar-refractivity contribution in [2.45, 2.75) is 76.9 Å². The molecule has 22 heavy (non-hydrogen) atoms. The van der Waals surface area contributed by atoms with Crippen LogP contribution in [0.5, 0.6) is 0 Å². The molecule has 0 bridgehead atoms. The van der Waals surface area contributed by atoms with Gasteiger partial charge in [-0.15, -0.1) is 0 Å². The predicted molar refractivity (Wildman–Crippen MR) is 89.9 cm³/mol. The molecule has 0 aliphatic rings. The van der Waals surface area contributed by atoms with Gasteiger partial charge < -0.3 is 20.4 Å². The largest absolute Gasteiger partial charge is 0.394 e. The van der Waals surface area contributed by atoms with E-state index in [-0.39, 0.29) is 13.2 Å². The molecule has 0 aliphatic heterocycles. The first-order chi connectivity index (χ1) is 10.6. The van der Waals surface area contributed by atoms with Gasteiger partial charge in [0.25, 0.3) is 0 Å². The second kappa shape index (κ2) is 15.7. The van der Waals surface area contributed by atoms with Crippen LogP contribution in [0, 0.1) is 0 Å². The number of rotatable bonds is 16. The molecule has 0 amide bonds. The molecule has 2 atom stereocenters. The highest BCUT2D eigenvalue weighted by molar-refractivity contribution is 4.68. The zero-order valence-electron chi connectivity index (χ0n) is 14.3. The standard InChI is InChI=1S/C17H37NO4/c1-2-3-4-5-6-7-8-9-10-11-18(12-16(21)14-19)13-17(22)15-20/h16-17,19-22H,2-15H2,1H3. The summed E-state index contributed by atoms with van der Waals surface area (Å²) in [6.45, 7) is 3.14. The molecule has 0 radical (unpaired) electrons. The lowest BCUT2D eigenvalue weighted by molar-refractivity contribution is 0.0228. The zero-order valence-corrected chi connectivity index (χ0v) is 14.3. The Morgan fingerprint density at radius 3 is 1.50 bits per heavy atom. The van der Waals surface area contributed by atoms with Gasteiger partial charge in [0.2, 0.25) is 0 Å². The minimum Gasteiger partial charge on any atom is -0.394 e. The molecule has 0 heterocycles. The van der Waals surface area contributed by atoms with Crippen LogP contribution in [0.2, 0.25) is 0 Å². The summed E-state index contributed by atoms with van der Waals surface area (Å²) < 4.78 is 0. The lowest BCUT2D eigenvalue weighted by Crippen LogP contribution is -2.40. The van der Waals surface area contributed by atoms with Crippen molar-refractivity contribution in [2.75, 3.05) is 32.8 Å². The first-order valence-electron chi connectivity index (χ1n) is 8.94. The molecule has 0 aromatic carbocycles. The lowest BCUT2D eigenvalue weighted by atomic mass is 10.1. The topological polar surface area (TPSA) is 84.2 Å². The second-order valence-electron chi connectivity index (χ2n) is 6.26. The van der Waals surface area contributed by atoms with Gasteiger partial charge in [-0.25, -0.2) is 0 Å². The van der Waals surface area contributed by atoms with Gasteiger partial charge in [0, 0.05) is 13.1 Å². The highest BCUT2D eigenvalue weighted by Crippen LogP contribution is 2.10. The van der Waals surface area contributed by atoms with Crippen LogP contribution >= 0.6 is 0 Å². The summed E-state index contributed by atoms with van der Waals surface area (Å²) in [5.41, 5.74) is 0. The Kier molecular flexibility index (Phi) is 15.5. The Labute approximate surface area is 136 Å². The maximum absolute atomic E-state index is 9.52. The Morgan fingerprint density at radius 2 is 1.09 bits per heavy atom. The van der Waals surface area contributed by atoms with E-state index in [9.17, 15) is 10.2 Å². The van der Waals surface area contributed by atoms with Gasteiger partial charge in [-0.3, -0.25) is 4.90 Å². The predicted octanol–water partition coefficient (Wildman–Crippen LogP) is 1.53. The molecule has 0 aliphatic carbocycles. The summed E-state index contributed by atoms with van der Waals surface area (Å²) in [5, 5.41) is 36.9. The SMILES string of the molecule is CCCCCCCCCCCN(CC(O)CO)CC(O)CO. The molecular formula is C17H37NO4. The van der Waals surface area contributed by atoms with Crippen LogP contribution in [0.4, 0.5) is 0 Å². The normalized spacial score (nSPS) is 14.5. The molecular weight excluding hydrogens is 282 g/mol. The molecule has 0 spiro atoms. The van der Waals surface area contributed by atoms with Gasteiger partial charge in [0.05, 0.1) is 25.4 Å². The van der Waals surface area contributed by atoms with Crippen LogP contribution in [-0.2, 0) is 0 Å². The van der Waals surface area contributed by atoms with Gasteiger partial charge in [-0.05, 0) is 13.0 Å². The highest BCUT2D eigenvalue weighted by Gasteiger charge is 2.14. The summed E-state index contributed by atoms with van der Waals surface area (Å²) in [4.78, 5) is 1.92. The Morgan fingerprint density at radius 1 is 0.682 bits per heavy atom. The van der Waals surface area contributed by atoms with Crippen LogP contribution in [-0.4, -0.2) is 70.4 Å². The maximum Gasteiger partial charge on any atom is 0.0897 e. The van der Waals surface area contributed by atoms with E-state index in [0.29, 0.717) is 13.1 Å². The minimum atomic E-state index is -0.788. The molecule has 0 aromatic heterocycles. The average Bonchev–Trinajstić information content (AvgIpc) is 2.52. The number of unbranched alkanes of at least 4 members (excludes halogenated alkanes) is 8. The number of hydrogen-bond donors (Lipinski definition) is 4. The van der Waals surface area contributed by atoms with Crippen molar-refractivity contribution in [3.63, 3.8) is 0 Å². The third-order valence-corrected chi connectivity index (χ3v) is 3.94. The third-order valence-electron chi connectivity index (χ3n) is 3.94. The van der Waals surface area contributed by atoms with Gasteiger partial charge in [0.1, 0.15) is 0 Å². The van der Waals surface area contributed by atoms with Crippen molar-refractivity contribution in [2.24, 2.45) is 0 Å². The van der Waals surface area contributed by atoms with Crippen molar-refractivity contribution < 1.29 is 20.4 Å². The van der Waals surface area contributed by atoms with E-state index in [4.69, 9.17) is 10.2 Å². The van der Waals surface area contributed by atoms with Gasteiger partial charge in [0.15, 0.2) is 0 Å². The fourth-order valence-corrected chi connectivity index (χ4v) is 2.61. The average molecular weight is 319 g/mol. The molecule has 0 rings (SSSR count). The molecule has 0 fully saturated rings. The molecule has 2 unspecified atom stereocenters. The number of hydrogen-bond acceptors (Lipinski definition) is 5. The van der Waals surface area contributed by atoms with Crippen LogP contribution in [0.15, 0.2) is 0 Å². The molecule has 0 saturated heterocycles. The molecule has 5 nitrogen and oxygen atoms in total. The van der Waals surface area contributed by atoms with Crippen molar-refractivity contribution in [3.05, 3.63) is 0 Å². The monoisotopic (exact) mass is 319 g/mol.